The maximum atomic E-state index is 13.2. The van der Waals surface area contributed by atoms with Crippen LogP contribution in [0.1, 0.15) is 16.4 Å². The number of para-hydroxylation sites is 1. The Hall–Kier alpha value is -3.23. The highest BCUT2D eigenvalue weighted by molar-refractivity contribution is 8.02. The van der Waals surface area contributed by atoms with E-state index in [4.69, 9.17) is 0 Å². The van der Waals surface area contributed by atoms with Crippen LogP contribution >= 0.6 is 23.1 Å². The quantitative estimate of drug-likeness (QED) is 0.229. The average Bonchev–Trinajstić information content (AvgIpc) is 3.16. The van der Waals surface area contributed by atoms with Crippen LogP contribution in [0.3, 0.4) is 0 Å². The summed E-state index contributed by atoms with van der Waals surface area (Å²) >= 11 is 2.86. The van der Waals surface area contributed by atoms with Crippen molar-refractivity contribution in [2.75, 3.05) is 5.32 Å². The van der Waals surface area contributed by atoms with Crippen LogP contribution in [0.5, 0.6) is 0 Å². The van der Waals surface area contributed by atoms with Crippen molar-refractivity contribution in [3.8, 4) is 0 Å². The van der Waals surface area contributed by atoms with E-state index in [1.165, 1.54) is 29.2 Å². The van der Waals surface area contributed by atoms with Crippen molar-refractivity contribution in [1.82, 2.24) is 4.98 Å². The molecule has 6 nitrogen and oxygen atoms in total. The third-order valence-corrected chi connectivity index (χ3v) is 6.83. The number of rotatable bonds is 6. The molecule has 0 bridgehead atoms. The summed E-state index contributed by atoms with van der Waals surface area (Å²) in [7, 11) is 0. The zero-order valence-corrected chi connectivity index (χ0v) is 17.6. The van der Waals surface area contributed by atoms with Crippen molar-refractivity contribution >= 4 is 50.6 Å². The maximum absolute atomic E-state index is 13.2. The topological polar surface area (TPSA) is 85.1 Å². The zero-order valence-electron chi connectivity index (χ0n) is 15.9. The van der Waals surface area contributed by atoms with E-state index in [0.717, 1.165) is 25.7 Å². The maximum Gasteiger partial charge on any atom is 0.293 e. The molecule has 0 aliphatic heterocycles. The number of nitrogens with one attached hydrogen (secondary N) is 1. The Morgan fingerprint density at radius 1 is 1.10 bits per heavy atom. The highest BCUT2D eigenvalue weighted by atomic mass is 32.2. The number of carbonyl (C=O) groups excluding carboxylic acids is 1. The van der Waals surface area contributed by atoms with Crippen LogP contribution in [-0.2, 0) is 4.79 Å². The first-order valence-corrected chi connectivity index (χ1v) is 10.8. The average molecular weight is 436 g/mol. The number of aryl methyl sites for hydroxylation is 1. The second-order valence-electron chi connectivity index (χ2n) is 6.62. The molecule has 150 valence electrons. The van der Waals surface area contributed by atoms with Gasteiger partial charge in [0.15, 0.2) is 4.34 Å². The van der Waals surface area contributed by atoms with Gasteiger partial charge in [-0.1, -0.05) is 60.3 Å². The van der Waals surface area contributed by atoms with Gasteiger partial charge in [-0.05, 0) is 36.2 Å². The van der Waals surface area contributed by atoms with Crippen molar-refractivity contribution in [2.45, 2.75) is 16.5 Å². The van der Waals surface area contributed by atoms with Gasteiger partial charge in [0.2, 0.25) is 5.91 Å². The van der Waals surface area contributed by atoms with E-state index < -0.39 is 10.2 Å². The molecule has 4 aromatic rings. The van der Waals surface area contributed by atoms with Gasteiger partial charge in [0.1, 0.15) is 10.9 Å². The first-order chi connectivity index (χ1) is 14.5. The van der Waals surface area contributed by atoms with Gasteiger partial charge in [-0.15, -0.1) is 11.3 Å². The number of aromatic nitrogens is 1. The van der Waals surface area contributed by atoms with Gasteiger partial charge in [-0.3, -0.25) is 14.9 Å². The SMILES string of the molecule is Cc1ccc(NC(=O)[C@H](Sc2nc3ccccc3s2)c2ccccc2)c([N+](=O)[O-])c1. The molecule has 0 fully saturated rings. The molecule has 0 unspecified atom stereocenters. The van der Waals surface area contributed by atoms with E-state index in [9.17, 15) is 14.9 Å². The Morgan fingerprint density at radius 3 is 2.57 bits per heavy atom. The molecule has 1 atom stereocenters. The minimum atomic E-state index is -0.604. The van der Waals surface area contributed by atoms with Crippen molar-refractivity contribution < 1.29 is 9.72 Å². The number of carbonyl (C=O) groups is 1. The standard InChI is InChI=1S/C22H17N3O3S2/c1-14-11-12-16(18(13-14)25(27)28)23-21(26)20(15-7-3-2-4-8-15)30-22-24-17-9-5-6-10-19(17)29-22/h2-13,20H,1H3,(H,23,26)/t20-/m1/s1. The molecule has 0 radical (unpaired) electrons. The minimum absolute atomic E-state index is 0.125. The Balaban J connectivity index is 1.66. The first-order valence-electron chi connectivity index (χ1n) is 9.14. The number of nitro benzene ring substituents is 1. The summed E-state index contributed by atoms with van der Waals surface area (Å²) in [5, 5.41) is 13.6. The number of thioether (sulfide) groups is 1. The molecule has 1 amide bonds. The predicted molar refractivity (Wildman–Crippen MR) is 121 cm³/mol. The molecule has 3 aromatic carbocycles. The van der Waals surface area contributed by atoms with Crippen molar-refractivity contribution in [2.24, 2.45) is 0 Å². The Morgan fingerprint density at radius 2 is 1.83 bits per heavy atom. The largest absolute Gasteiger partial charge is 0.319 e. The molecule has 0 aliphatic rings. The van der Waals surface area contributed by atoms with Gasteiger partial charge < -0.3 is 5.32 Å². The number of hydrogen-bond donors (Lipinski definition) is 1. The van der Waals surface area contributed by atoms with Gasteiger partial charge in [0.25, 0.3) is 5.69 Å². The fourth-order valence-corrected chi connectivity index (χ4v) is 5.26. The van der Waals surface area contributed by atoms with Crippen LogP contribution in [0, 0.1) is 17.0 Å². The zero-order chi connectivity index (χ0) is 21.1. The van der Waals surface area contributed by atoms with Gasteiger partial charge in [0, 0.05) is 6.07 Å². The number of benzene rings is 3. The molecule has 1 heterocycles. The number of nitro groups is 1. The molecule has 30 heavy (non-hydrogen) atoms. The van der Waals surface area contributed by atoms with Crippen LogP contribution in [0.25, 0.3) is 10.2 Å². The monoisotopic (exact) mass is 435 g/mol. The molecule has 0 saturated carbocycles. The number of amides is 1. The predicted octanol–water partition coefficient (Wildman–Crippen LogP) is 5.99. The summed E-state index contributed by atoms with van der Waals surface area (Å²) in [5.41, 5.74) is 2.49. The lowest BCUT2D eigenvalue weighted by molar-refractivity contribution is -0.384. The van der Waals surface area contributed by atoms with E-state index >= 15 is 0 Å². The lowest BCUT2D eigenvalue weighted by Crippen LogP contribution is -2.19. The summed E-state index contributed by atoms with van der Waals surface area (Å²) in [6, 6.07) is 21.9. The number of fused-ring (bicyclic) bond motifs is 1. The number of anilines is 1. The third kappa shape index (κ3) is 4.34. The highest BCUT2D eigenvalue weighted by Gasteiger charge is 2.26. The van der Waals surface area contributed by atoms with Gasteiger partial charge in [0.05, 0.1) is 15.1 Å². The summed E-state index contributed by atoms with van der Waals surface area (Å²) < 4.78 is 1.81. The van der Waals surface area contributed by atoms with E-state index in [0.29, 0.717) is 0 Å². The summed E-state index contributed by atoms with van der Waals surface area (Å²) in [4.78, 5) is 28.8. The fourth-order valence-electron chi connectivity index (χ4n) is 3.00. The normalized spacial score (nSPS) is 11.9. The Bertz CT molecular complexity index is 1190. The molecule has 8 heteroatoms. The smallest absolute Gasteiger partial charge is 0.293 e. The lowest BCUT2D eigenvalue weighted by atomic mass is 10.1. The molecular weight excluding hydrogens is 418 g/mol. The number of hydrogen-bond acceptors (Lipinski definition) is 6. The van der Waals surface area contributed by atoms with Crippen LogP contribution in [-0.4, -0.2) is 15.8 Å². The van der Waals surface area contributed by atoms with Crippen molar-refractivity contribution in [3.05, 3.63) is 94.0 Å². The van der Waals surface area contributed by atoms with Crippen LogP contribution < -0.4 is 5.32 Å². The van der Waals surface area contributed by atoms with Gasteiger partial charge in [-0.25, -0.2) is 4.98 Å². The summed E-state index contributed by atoms with van der Waals surface area (Å²) in [6.45, 7) is 1.77. The van der Waals surface area contributed by atoms with Crippen molar-refractivity contribution in [3.63, 3.8) is 0 Å². The van der Waals surface area contributed by atoms with E-state index in [1.807, 2.05) is 54.6 Å². The third-order valence-electron chi connectivity index (χ3n) is 4.44. The molecular formula is C22H17N3O3S2. The summed E-state index contributed by atoms with van der Waals surface area (Å²) in [5.74, 6) is -0.336. The second kappa shape index (κ2) is 8.64. The lowest BCUT2D eigenvalue weighted by Gasteiger charge is -2.16. The summed E-state index contributed by atoms with van der Waals surface area (Å²) in [6.07, 6.45) is 0. The number of nitrogens with zero attached hydrogens (tertiary/aromatic N) is 2. The van der Waals surface area contributed by atoms with Crippen LogP contribution in [0.2, 0.25) is 0 Å². The first kappa shape index (κ1) is 20.1. The molecule has 4 rings (SSSR count). The number of thiazole rings is 1. The van der Waals surface area contributed by atoms with Gasteiger partial charge in [-0.2, -0.15) is 0 Å². The molecule has 0 aliphatic carbocycles. The van der Waals surface area contributed by atoms with E-state index in [2.05, 4.69) is 10.3 Å². The fraction of sp³-hybridized carbons (Fsp3) is 0.0909. The van der Waals surface area contributed by atoms with Crippen molar-refractivity contribution in [1.29, 1.82) is 0 Å². The van der Waals surface area contributed by atoms with Gasteiger partial charge >= 0.3 is 0 Å². The minimum Gasteiger partial charge on any atom is -0.319 e. The van der Waals surface area contributed by atoms with E-state index in [1.54, 1.807) is 19.1 Å². The molecule has 1 N–H and O–H groups in total. The molecule has 0 saturated heterocycles. The molecule has 0 spiro atoms. The molecule has 1 aromatic heterocycles. The highest BCUT2D eigenvalue weighted by Crippen LogP contribution is 2.40. The second-order valence-corrected chi connectivity index (χ2v) is 9.01. The van der Waals surface area contributed by atoms with Crippen LogP contribution in [0.4, 0.5) is 11.4 Å². The van der Waals surface area contributed by atoms with Crippen LogP contribution in [0.15, 0.2) is 77.1 Å². The Labute approximate surface area is 181 Å². The van der Waals surface area contributed by atoms with E-state index in [-0.39, 0.29) is 17.3 Å². The Kier molecular flexibility index (Phi) is 5.78.